The van der Waals surface area contributed by atoms with Gasteiger partial charge in [0.05, 0.1) is 0 Å². The molecule has 0 aliphatic heterocycles. The fourth-order valence-corrected chi connectivity index (χ4v) is 5.72. The van der Waals surface area contributed by atoms with Gasteiger partial charge < -0.3 is 5.11 Å². The fraction of sp³-hybridized carbons (Fsp3) is 0.0882. The molecule has 0 fully saturated rings. The first-order valence-corrected chi connectivity index (χ1v) is 12.3. The highest BCUT2D eigenvalue weighted by atomic mass is 16.4. The highest BCUT2D eigenvalue weighted by Gasteiger charge is 2.46. The van der Waals surface area contributed by atoms with Gasteiger partial charge in [-0.15, -0.1) is 0 Å². The van der Waals surface area contributed by atoms with Crippen molar-refractivity contribution in [2.45, 2.75) is 18.3 Å². The van der Waals surface area contributed by atoms with E-state index in [0.717, 1.165) is 49.0 Å². The highest BCUT2D eigenvalue weighted by Crippen LogP contribution is 2.48. The van der Waals surface area contributed by atoms with Gasteiger partial charge in [0.2, 0.25) is 0 Å². The van der Waals surface area contributed by atoms with Crippen molar-refractivity contribution in [1.29, 1.82) is 0 Å². The van der Waals surface area contributed by atoms with Crippen LogP contribution in [-0.4, -0.2) is 11.1 Å². The lowest BCUT2D eigenvalue weighted by Crippen LogP contribution is -2.39. The molecule has 0 radical (unpaired) electrons. The Morgan fingerprint density at radius 1 is 0.583 bits per heavy atom. The Labute approximate surface area is 210 Å². The number of carbonyl (C=O) groups is 1. The van der Waals surface area contributed by atoms with E-state index < -0.39 is 17.3 Å². The molecule has 0 spiro atoms. The van der Waals surface area contributed by atoms with Gasteiger partial charge in [0, 0.05) is 5.92 Å². The second kappa shape index (κ2) is 8.66. The van der Waals surface area contributed by atoms with Gasteiger partial charge in [-0.2, -0.15) is 0 Å². The Morgan fingerprint density at radius 3 is 1.61 bits per heavy atom. The van der Waals surface area contributed by atoms with Crippen molar-refractivity contribution in [3.63, 3.8) is 0 Å². The molecule has 0 aliphatic rings. The van der Waals surface area contributed by atoms with Crippen LogP contribution in [0.1, 0.15) is 29.5 Å². The van der Waals surface area contributed by atoms with Crippen LogP contribution in [-0.2, 0) is 10.2 Å². The van der Waals surface area contributed by atoms with Crippen molar-refractivity contribution in [2.24, 2.45) is 0 Å². The second-order valence-corrected chi connectivity index (χ2v) is 9.64. The zero-order valence-electron chi connectivity index (χ0n) is 20.1. The largest absolute Gasteiger partial charge is 0.481 e. The summed E-state index contributed by atoms with van der Waals surface area (Å²) in [4.78, 5) is 13.4. The molecule has 36 heavy (non-hydrogen) atoms. The van der Waals surface area contributed by atoms with Gasteiger partial charge in [-0.05, 0) is 62.0 Å². The Morgan fingerprint density at radius 2 is 1.06 bits per heavy atom. The maximum Gasteiger partial charge on any atom is 0.314 e. The first-order valence-electron chi connectivity index (χ1n) is 12.3. The third-order valence-electron chi connectivity index (χ3n) is 7.64. The van der Waals surface area contributed by atoms with Gasteiger partial charge in [-0.25, -0.2) is 0 Å². The number of aliphatic carboxylic acids is 1. The molecule has 0 saturated carbocycles. The lowest BCUT2D eigenvalue weighted by atomic mass is 9.64. The molecule has 0 aromatic heterocycles. The first kappa shape index (κ1) is 22.1. The monoisotopic (exact) mass is 466 g/mol. The Hall–Kier alpha value is -4.43. The molecule has 6 aromatic rings. The summed E-state index contributed by atoms with van der Waals surface area (Å²) in [6, 6.07) is 43.1. The summed E-state index contributed by atoms with van der Waals surface area (Å²) in [6.45, 7) is 1.88. The van der Waals surface area contributed by atoms with Gasteiger partial charge >= 0.3 is 5.97 Å². The fourth-order valence-electron chi connectivity index (χ4n) is 5.72. The number of fused-ring (bicyclic) bond motifs is 3. The molecule has 0 bridgehead atoms. The van der Waals surface area contributed by atoms with E-state index in [0.29, 0.717) is 0 Å². The molecule has 0 saturated heterocycles. The van der Waals surface area contributed by atoms with Gasteiger partial charge in [-0.1, -0.05) is 121 Å². The van der Waals surface area contributed by atoms with Crippen LogP contribution < -0.4 is 0 Å². The quantitative estimate of drug-likeness (QED) is 0.277. The summed E-state index contributed by atoms with van der Waals surface area (Å²) in [5, 5.41) is 17.5. The van der Waals surface area contributed by atoms with Crippen molar-refractivity contribution in [2.75, 3.05) is 0 Å². The topological polar surface area (TPSA) is 37.3 Å². The van der Waals surface area contributed by atoms with Crippen LogP contribution in [0.5, 0.6) is 0 Å². The maximum atomic E-state index is 13.4. The van der Waals surface area contributed by atoms with E-state index in [9.17, 15) is 9.90 Å². The zero-order chi connectivity index (χ0) is 24.7. The molecule has 1 N–H and O–H groups in total. The van der Waals surface area contributed by atoms with Crippen LogP contribution >= 0.6 is 0 Å². The van der Waals surface area contributed by atoms with Crippen LogP contribution in [0, 0.1) is 0 Å². The molecule has 6 rings (SSSR count). The average Bonchev–Trinajstić information content (AvgIpc) is 2.93. The Kier molecular flexibility index (Phi) is 5.30. The van der Waals surface area contributed by atoms with Crippen molar-refractivity contribution in [3.05, 3.63) is 144 Å². The van der Waals surface area contributed by atoms with Gasteiger partial charge in [-0.3, -0.25) is 4.79 Å². The highest BCUT2D eigenvalue weighted by molar-refractivity contribution is 5.95. The molecule has 2 nitrogen and oxygen atoms in total. The van der Waals surface area contributed by atoms with Gasteiger partial charge in [0.25, 0.3) is 0 Å². The Bertz CT molecular complexity index is 1660. The summed E-state index contributed by atoms with van der Waals surface area (Å²) in [7, 11) is 0. The lowest BCUT2D eigenvalue weighted by molar-refractivity contribution is -0.143. The summed E-state index contributed by atoms with van der Waals surface area (Å²) in [5.41, 5.74) is 1.60. The summed E-state index contributed by atoms with van der Waals surface area (Å²) < 4.78 is 0. The van der Waals surface area contributed by atoms with Crippen molar-refractivity contribution in [1.82, 2.24) is 0 Å². The number of hydrogen-bond donors (Lipinski definition) is 1. The zero-order valence-corrected chi connectivity index (χ0v) is 20.1. The van der Waals surface area contributed by atoms with Crippen LogP contribution in [0.3, 0.4) is 0 Å². The van der Waals surface area contributed by atoms with Gasteiger partial charge in [0.1, 0.15) is 5.41 Å². The molecule has 1 atom stereocenters. The number of hydrogen-bond acceptors (Lipinski definition) is 1. The summed E-state index contributed by atoms with van der Waals surface area (Å²) in [5.74, 6) is -1.27. The van der Waals surface area contributed by atoms with E-state index in [2.05, 4.69) is 54.6 Å². The van der Waals surface area contributed by atoms with Gasteiger partial charge in [0.15, 0.2) is 0 Å². The molecule has 0 aliphatic carbocycles. The van der Waals surface area contributed by atoms with E-state index in [1.165, 1.54) is 0 Å². The molecule has 0 heterocycles. The van der Waals surface area contributed by atoms with Crippen molar-refractivity contribution in [3.8, 4) is 0 Å². The Balaban J connectivity index is 1.72. The number of carboxylic acids is 1. The molecule has 174 valence electrons. The predicted molar refractivity (Wildman–Crippen MR) is 149 cm³/mol. The SMILES string of the molecule is C[C@](C(=O)O)(c1ccc2ccccc2c1)C(c1cccc2ccccc12)c1cccc2ccccc12. The van der Waals surface area contributed by atoms with Crippen LogP contribution in [0.15, 0.2) is 127 Å². The second-order valence-electron chi connectivity index (χ2n) is 9.64. The van der Waals surface area contributed by atoms with E-state index >= 15 is 0 Å². The predicted octanol–water partition coefficient (Wildman–Crippen LogP) is 8.32. The molecule has 6 aromatic carbocycles. The smallest absolute Gasteiger partial charge is 0.314 e. The molecular formula is C34H26O2. The minimum absolute atomic E-state index is 0.423. The van der Waals surface area contributed by atoms with Crippen LogP contribution in [0.25, 0.3) is 32.3 Å². The minimum Gasteiger partial charge on any atom is -0.481 e. The number of carboxylic acid groups (broad SMARTS) is 1. The third kappa shape index (κ3) is 3.46. The molecule has 0 amide bonds. The third-order valence-corrected chi connectivity index (χ3v) is 7.64. The first-order chi connectivity index (χ1) is 17.6. The maximum absolute atomic E-state index is 13.4. The summed E-state index contributed by atoms with van der Waals surface area (Å²) >= 11 is 0. The van der Waals surface area contributed by atoms with E-state index in [1.54, 1.807) is 0 Å². The van der Waals surface area contributed by atoms with Crippen molar-refractivity contribution < 1.29 is 9.90 Å². The lowest BCUT2D eigenvalue weighted by Gasteiger charge is -2.37. The molecule has 2 heteroatoms. The normalized spacial score (nSPS) is 13.3. The van der Waals surface area contributed by atoms with E-state index in [4.69, 9.17) is 0 Å². The summed E-state index contributed by atoms with van der Waals surface area (Å²) in [6.07, 6.45) is 0. The minimum atomic E-state index is -1.22. The van der Waals surface area contributed by atoms with Crippen LogP contribution in [0.4, 0.5) is 0 Å². The van der Waals surface area contributed by atoms with Crippen LogP contribution in [0.2, 0.25) is 0 Å². The number of benzene rings is 6. The van der Waals surface area contributed by atoms with Crippen molar-refractivity contribution >= 4 is 38.3 Å². The van der Waals surface area contributed by atoms with E-state index in [-0.39, 0.29) is 0 Å². The molecular weight excluding hydrogens is 440 g/mol. The van der Waals surface area contributed by atoms with E-state index in [1.807, 2.05) is 79.7 Å². The average molecular weight is 467 g/mol. The standard InChI is InChI=1S/C34H26O2/c1-34(33(35)36,27-21-20-23-10-2-3-13-26(23)22-27)32(30-18-8-14-24-11-4-6-16-28(24)30)31-19-9-15-25-12-5-7-17-29(25)31/h2-22,32H,1H3,(H,35,36)/t34-/m0/s1. The number of rotatable bonds is 5. The molecule has 0 unspecified atom stereocenters.